The third-order valence-corrected chi connectivity index (χ3v) is 3.67. The molecule has 98 valence electrons. The second-order valence-electron chi connectivity index (χ2n) is 5.07. The summed E-state index contributed by atoms with van der Waals surface area (Å²) < 4.78 is 0. The van der Waals surface area contributed by atoms with Crippen molar-refractivity contribution in [1.29, 1.82) is 0 Å². The molecule has 0 unspecified atom stereocenters. The quantitative estimate of drug-likeness (QED) is 0.804. The van der Waals surface area contributed by atoms with E-state index in [2.05, 4.69) is 19.0 Å². The van der Waals surface area contributed by atoms with Crippen LogP contribution in [0.5, 0.6) is 0 Å². The third-order valence-electron chi connectivity index (χ3n) is 3.67. The van der Waals surface area contributed by atoms with E-state index in [0.717, 1.165) is 25.9 Å². The summed E-state index contributed by atoms with van der Waals surface area (Å²) in [6.07, 6.45) is 2.07. The maximum atomic E-state index is 12.3. The Morgan fingerprint density at radius 3 is 2.44 bits per heavy atom. The lowest BCUT2D eigenvalue weighted by atomic mass is 10.0. The largest absolute Gasteiger partial charge is 0.398 e. The van der Waals surface area contributed by atoms with Crippen molar-refractivity contribution < 1.29 is 4.79 Å². The molecule has 1 aromatic carbocycles. The highest BCUT2D eigenvalue weighted by atomic mass is 16.2. The van der Waals surface area contributed by atoms with Crippen molar-refractivity contribution in [1.82, 2.24) is 9.80 Å². The molecule has 1 aliphatic heterocycles. The van der Waals surface area contributed by atoms with E-state index < -0.39 is 0 Å². The summed E-state index contributed by atoms with van der Waals surface area (Å²) in [6, 6.07) is 7.87. The Bertz CT molecular complexity index is 423. The molecule has 4 nitrogen and oxygen atoms in total. The molecular weight excluding hydrogens is 226 g/mol. The lowest BCUT2D eigenvalue weighted by Gasteiger charge is -2.35. The molecule has 4 heteroatoms. The van der Waals surface area contributed by atoms with Gasteiger partial charge in [0, 0.05) is 24.8 Å². The van der Waals surface area contributed by atoms with Gasteiger partial charge >= 0.3 is 0 Å². The van der Waals surface area contributed by atoms with Crippen LogP contribution in [0.1, 0.15) is 23.2 Å². The highest BCUT2D eigenvalue weighted by Gasteiger charge is 2.25. The molecule has 0 spiro atoms. The number of hydrogen-bond acceptors (Lipinski definition) is 3. The Hall–Kier alpha value is -1.55. The van der Waals surface area contributed by atoms with E-state index in [9.17, 15) is 4.79 Å². The topological polar surface area (TPSA) is 49.6 Å². The number of amides is 1. The summed E-state index contributed by atoms with van der Waals surface area (Å²) in [5.74, 6) is 0.0605. The molecule has 0 bridgehead atoms. The van der Waals surface area contributed by atoms with Crippen LogP contribution in [0.25, 0.3) is 0 Å². The number of nitrogen functional groups attached to an aromatic ring is 1. The van der Waals surface area contributed by atoms with Gasteiger partial charge in [0.1, 0.15) is 0 Å². The molecule has 2 N–H and O–H groups in total. The Morgan fingerprint density at radius 2 is 1.89 bits per heavy atom. The first-order valence-electron chi connectivity index (χ1n) is 6.40. The minimum atomic E-state index is 0.0605. The van der Waals surface area contributed by atoms with Gasteiger partial charge in [-0.1, -0.05) is 12.1 Å². The molecule has 0 aliphatic carbocycles. The highest BCUT2D eigenvalue weighted by molar-refractivity contribution is 5.99. The molecule has 1 fully saturated rings. The highest BCUT2D eigenvalue weighted by Crippen LogP contribution is 2.19. The maximum absolute atomic E-state index is 12.3. The number of nitrogens with zero attached hydrogens (tertiary/aromatic N) is 2. The van der Waals surface area contributed by atoms with Crippen LogP contribution in [0.3, 0.4) is 0 Å². The molecule has 0 atom stereocenters. The summed E-state index contributed by atoms with van der Waals surface area (Å²) in [5, 5.41) is 0. The number of carbonyl (C=O) groups is 1. The van der Waals surface area contributed by atoms with Crippen molar-refractivity contribution in [3.63, 3.8) is 0 Å². The van der Waals surface area contributed by atoms with E-state index in [1.807, 2.05) is 17.0 Å². The van der Waals surface area contributed by atoms with E-state index in [1.165, 1.54) is 0 Å². The summed E-state index contributed by atoms with van der Waals surface area (Å²) >= 11 is 0. The summed E-state index contributed by atoms with van der Waals surface area (Å²) in [4.78, 5) is 16.5. The van der Waals surface area contributed by atoms with Gasteiger partial charge < -0.3 is 15.5 Å². The minimum Gasteiger partial charge on any atom is -0.398 e. The van der Waals surface area contributed by atoms with Gasteiger partial charge in [0.25, 0.3) is 5.91 Å². The number of likely N-dealkylation sites (tertiary alicyclic amines) is 1. The van der Waals surface area contributed by atoms with E-state index in [-0.39, 0.29) is 5.91 Å². The molecule has 1 aromatic rings. The van der Waals surface area contributed by atoms with Crippen molar-refractivity contribution in [2.24, 2.45) is 0 Å². The molecule has 1 amide bonds. The lowest BCUT2D eigenvalue weighted by molar-refractivity contribution is 0.0664. The van der Waals surface area contributed by atoms with E-state index >= 15 is 0 Å². The number of nitrogens with two attached hydrogens (primary N) is 1. The normalized spacial score (nSPS) is 17.2. The van der Waals surface area contributed by atoms with E-state index in [1.54, 1.807) is 12.1 Å². The zero-order valence-electron chi connectivity index (χ0n) is 11.1. The zero-order chi connectivity index (χ0) is 13.1. The van der Waals surface area contributed by atoms with Crippen molar-refractivity contribution in [3.05, 3.63) is 29.8 Å². The molecule has 1 aliphatic rings. The first-order valence-corrected chi connectivity index (χ1v) is 6.40. The fraction of sp³-hybridized carbons (Fsp3) is 0.500. The fourth-order valence-corrected chi connectivity index (χ4v) is 2.45. The second-order valence-corrected chi connectivity index (χ2v) is 5.07. The smallest absolute Gasteiger partial charge is 0.255 e. The number of para-hydroxylation sites is 1. The van der Waals surface area contributed by atoms with Gasteiger partial charge in [-0.2, -0.15) is 0 Å². The number of anilines is 1. The zero-order valence-corrected chi connectivity index (χ0v) is 11.1. The predicted octanol–water partition coefficient (Wildman–Crippen LogP) is 1.43. The molecule has 0 saturated carbocycles. The van der Waals surface area contributed by atoms with Gasteiger partial charge in [0.2, 0.25) is 0 Å². The molecule has 1 saturated heterocycles. The van der Waals surface area contributed by atoms with Crippen LogP contribution in [-0.4, -0.2) is 48.9 Å². The van der Waals surface area contributed by atoms with Gasteiger partial charge in [-0.3, -0.25) is 4.79 Å². The third kappa shape index (κ3) is 2.64. The standard InChI is InChI=1S/C14H21N3O/c1-16(2)11-7-9-17(10-8-11)14(18)12-5-3-4-6-13(12)15/h3-6,11H,7-10,15H2,1-2H3. The number of piperidine rings is 1. The maximum Gasteiger partial charge on any atom is 0.255 e. The first kappa shape index (κ1) is 12.9. The fourth-order valence-electron chi connectivity index (χ4n) is 2.45. The average molecular weight is 247 g/mol. The van der Waals surface area contributed by atoms with E-state index in [0.29, 0.717) is 17.3 Å². The summed E-state index contributed by atoms with van der Waals surface area (Å²) in [6.45, 7) is 1.63. The van der Waals surface area contributed by atoms with Crippen molar-refractivity contribution >= 4 is 11.6 Å². The van der Waals surface area contributed by atoms with Crippen molar-refractivity contribution in [3.8, 4) is 0 Å². The van der Waals surface area contributed by atoms with Crippen LogP contribution >= 0.6 is 0 Å². The van der Waals surface area contributed by atoms with Gasteiger partial charge in [0.15, 0.2) is 0 Å². The van der Waals surface area contributed by atoms with Gasteiger partial charge in [-0.15, -0.1) is 0 Å². The van der Waals surface area contributed by atoms with Gasteiger partial charge in [-0.05, 0) is 39.1 Å². The summed E-state index contributed by atoms with van der Waals surface area (Å²) in [7, 11) is 4.19. The van der Waals surface area contributed by atoms with Crippen LogP contribution in [0.2, 0.25) is 0 Å². The number of hydrogen-bond donors (Lipinski definition) is 1. The molecular formula is C14H21N3O. The molecule has 0 aromatic heterocycles. The van der Waals surface area contributed by atoms with Crippen LogP contribution < -0.4 is 5.73 Å². The second kappa shape index (κ2) is 5.40. The number of carbonyl (C=O) groups excluding carboxylic acids is 1. The van der Waals surface area contributed by atoms with E-state index in [4.69, 9.17) is 5.73 Å². The van der Waals surface area contributed by atoms with Crippen molar-refractivity contribution in [2.75, 3.05) is 32.9 Å². The Labute approximate surface area is 108 Å². The van der Waals surface area contributed by atoms with Crippen LogP contribution in [0, 0.1) is 0 Å². The minimum absolute atomic E-state index is 0.0605. The average Bonchev–Trinajstić information content (AvgIpc) is 2.38. The van der Waals surface area contributed by atoms with Crippen LogP contribution in [0.4, 0.5) is 5.69 Å². The van der Waals surface area contributed by atoms with Gasteiger partial charge in [-0.25, -0.2) is 0 Å². The molecule has 2 rings (SSSR count). The Morgan fingerprint density at radius 1 is 1.28 bits per heavy atom. The van der Waals surface area contributed by atoms with Crippen LogP contribution in [-0.2, 0) is 0 Å². The molecule has 1 heterocycles. The SMILES string of the molecule is CN(C)C1CCN(C(=O)c2ccccc2N)CC1. The number of rotatable bonds is 2. The molecule has 18 heavy (non-hydrogen) atoms. The molecule has 0 radical (unpaired) electrons. The van der Waals surface area contributed by atoms with Gasteiger partial charge in [0.05, 0.1) is 5.56 Å². The van der Waals surface area contributed by atoms with Crippen molar-refractivity contribution in [2.45, 2.75) is 18.9 Å². The van der Waals surface area contributed by atoms with Crippen LogP contribution in [0.15, 0.2) is 24.3 Å². The Kier molecular flexibility index (Phi) is 3.87. The number of benzene rings is 1. The summed E-state index contributed by atoms with van der Waals surface area (Å²) in [5.41, 5.74) is 7.04. The first-order chi connectivity index (χ1) is 8.59. The lowest BCUT2D eigenvalue weighted by Crippen LogP contribution is -2.44. The monoisotopic (exact) mass is 247 g/mol. The predicted molar refractivity (Wildman–Crippen MR) is 73.5 cm³/mol. The Balaban J connectivity index is 2.02.